The van der Waals surface area contributed by atoms with Gasteiger partial charge in [-0.25, -0.2) is 4.98 Å². The van der Waals surface area contributed by atoms with E-state index in [1.54, 1.807) is 7.11 Å². The van der Waals surface area contributed by atoms with Crippen LogP contribution in [-0.2, 0) is 7.05 Å². The van der Waals surface area contributed by atoms with Crippen LogP contribution in [0.4, 0.5) is 0 Å². The van der Waals surface area contributed by atoms with Gasteiger partial charge >= 0.3 is 0 Å². The molecule has 0 saturated heterocycles. The van der Waals surface area contributed by atoms with Gasteiger partial charge in [0.15, 0.2) is 0 Å². The number of hydrogen-bond acceptors (Lipinski definition) is 2. The van der Waals surface area contributed by atoms with Crippen molar-refractivity contribution >= 4 is 11.0 Å². The van der Waals surface area contributed by atoms with Crippen LogP contribution in [0.5, 0.6) is 5.75 Å². The lowest BCUT2D eigenvalue weighted by Gasteiger charge is -2.12. The molecule has 1 aromatic heterocycles. The van der Waals surface area contributed by atoms with Crippen LogP contribution in [0, 0.1) is 20.8 Å². The minimum atomic E-state index is 0.900. The Balaban J connectivity index is 2.36. The van der Waals surface area contributed by atoms with Crippen molar-refractivity contribution in [2.45, 2.75) is 20.8 Å². The molecule has 0 spiro atoms. The number of rotatable bonds is 2. The average Bonchev–Trinajstić information content (AvgIpc) is 2.77. The van der Waals surface area contributed by atoms with Gasteiger partial charge < -0.3 is 9.30 Å². The lowest BCUT2D eigenvalue weighted by atomic mass is 10.0. The summed E-state index contributed by atoms with van der Waals surface area (Å²) >= 11 is 0. The number of benzene rings is 2. The van der Waals surface area contributed by atoms with Gasteiger partial charge in [-0.3, -0.25) is 0 Å². The molecule has 0 aliphatic heterocycles. The van der Waals surface area contributed by atoms with Crippen molar-refractivity contribution in [3.63, 3.8) is 0 Å². The van der Waals surface area contributed by atoms with Crippen molar-refractivity contribution in [2.24, 2.45) is 7.05 Å². The molecule has 3 rings (SSSR count). The second kappa shape index (κ2) is 4.92. The Kier molecular flexibility index (Phi) is 3.20. The Bertz CT molecular complexity index is 831. The molecule has 0 atom stereocenters. The zero-order chi connectivity index (χ0) is 15.1. The summed E-state index contributed by atoms with van der Waals surface area (Å²) in [6.45, 7) is 6.27. The highest BCUT2D eigenvalue weighted by Crippen LogP contribution is 2.35. The van der Waals surface area contributed by atoms with E-state index in [2.05, 4.69) is 62.7 Å². The molecule has 0 amide bonds. The number of fused-ring (bicyclic) bond motifs is 1. The SMILES string of the molecule is COc1c(C)cc(C)cc1-c1nc2c(C)cccc2n1C. The smallest absolute Gasteiger partial charge is 0.144 e. The third-order valence-corrected chi connectivity index (χ3v) is 3.98. The summed E-state index contributed by atoms with van der Waals surface area (Å²) in [6.07, 6.45) is 0. The lowest BCUT2D eigenvalue weighted by molar-refractivity contribution is 0.413. The van der Waals surface area contributed by atoms with Crippen LogP contribution in [0.2, 0.25) is 0 Å². The predicted octanol–water partition coefficient (Wildman–Crippen LogP) is 4.17. The number of ether oxygens (including phenoxy) is 1. The van der Waals surface area contributed by atoms with E-state index < -0.39 is 0 Å². The summed E-state index contributed by atoms with van der Waals surface area (Å²) in [7, 11) is 3.77. The predicted molar refractivity (Wildman–Crippen MR) is 86.9 cm³/mol. The average molecular weight is 280 g/mol. The van der Waals surface area contributed by atoms with Crippen molar-refractivity contribution < 1.29 is 4.74 Å². The summed E-state index contributed by atoms with van der Waals surface area (Å²) in [4.78, 5) is 4.86. The van der Waals surface area contributed by atoms with E-state index in [0.29, 0.717) is 0 Å². The molecule has 0 aliphatic carbocycles. The monoisotopic (exact) mass is 280 g/mol. The van der Waals surface area contributed by atoms with E-state index in [4.69, 9.17) is 9.72 Å². The molecule has 2 aromatic carbocycles. The highest BCUT2D eigenvalue weighted by atomic mass is 16.5. The molecule has 21 heavy (non-hydrogen) atoms. The molecule has 0 fully saturated rings. The molecule has 1 heterocycles. The molecule has 108 valence electrons. The quantitative estimate of drug-likeness (QED) is 0.704. The van der Waals surface area contributed by atoms with Crippen molar-refractivity contribution in [2.75, 3.05) is 7.11 Å². The van der Waals surface area contributed by atoms with Crippen molar-refractivity contribution in [1.82, 2.24) is 9.55 Å². The fraction of sp³-hybridized carbons (Fsp3) is 0.278. The van der Waals surface area contributed by atoms with Gasteiger partial charge in [-0.1, -0.05) is 18.2 Å². The maximum absolute atomic E-state index is 5.61. The Morgan fingerprint density at radius 1 is 1.05 bits per heavy atom. The number of para-hydroxylation sites is 1. The Morgan fingerprint density at radius 3 is 2.48 bits per heavy atom. The summed E-state index contributed by atoms with van der Waals surface area (Å²) in [5.41, 5.74) is 6.79. The third-order valence-electron chi connectivity index (χ3n) is 3.98. The first-order valence-corrected chi connectivity index (χ1v) is 7.10. The molecular weight excluding hydrogens is 260 g/mol. The number of methoxy groups -OCH3 is 1. The third kappa shape index (κ3) is 2.09. The van der Waals surface area contributed by atoms with Crippen LogP contribution >= 0.6 is 0 Å². The van der Waals surface area contributed by atoms with Crippen molar-refractivity contribution in [3.05, 3.63) is 47.0 Å². The summed E-state index contributed by atoms with van der Waals surface area (Å²) in [5, 5.41) is 0. The van der Waals surface area contributed by atoms with Crippen LogP contribution in [-0.4, -0.2) is 16.7 Å². The van der Waals surface area contributed by atoms with Gasteiger partial charge in [0, 0.05) is 7.05 Å². The molecule has 0 aliphatic rings. The van der Waals surface area contributed by atoms with Crippen LogP contribution < -0.4 is 4.74 Å². The maximum atomic E-state index is 5.61. The summed E-state index contributed by atoms with van der Waals surface area (Å²) in [6, 6.07) is 10.5. The van der Waals surface area contributed by atoms with E-state index in [1.807, 2.05) is 0 Å². The Labute approximate surface area is 125 Å². The molecular formula is C18H20N2O. The Morgan fingerprint density at radius 2 is 1.81 bits per heavy atom. The van der Waals surface area contributed by atoms with Crippen LogP contribution in [0.15, 0.2) is 30.3 Å². The minimum absolute atomic E-state index is 0.900. The van der Waals surface area contributed by atoms with Gasteiger partial charge in [0.2, 0.25) is 0 Å². The fourth-order valence-corrected chi connectivity index (χ4v) is 2.99. The molecule has 3 nitrogen and oxygen atoms in total. The second-order valence-corrected chi connectivity index (χ2v) is 5.60. The normalized spacial score (nSPS) is 11.1. The standard InChI is InChI=1S/C18H20N2O/c1-11-9-13(3)17(21-5)14(10-11)18-19-16-12(2)7-6-8-15(16)20(18)4/h6-10H,1-5H3. The minimum Gasteiger partial charge on any atom is -0.496 e. The number of aromatic nitrogens is 2. The number of imidazole rings is 1. The van der Waals surface area contributed by atoms with E-state index in [-0.39, 0.29) is 0 Å². The van der Waals surface area contributed by atoms with E-state index in [9.17, 15) is 0 Å². The molecule has 0 bridgehead atoms. The first-order chi connectivity index (χ1) is 10.0. The first kappa shape index (κ1) is 13.7. The highest BCUT2D eigenvalue weighted by Gasteiger charge is 2.16. The summed E-state index contributed by atoms with van der Waals surface area (Å²) < 4.78 is 7.75. The Hall–Kier alpha value is -2.29. The molecule has 0 N–H and O–H groups in total. The molecule has 3 aromatic rings. The number of aryl methyl sites for hydroxylation is 4. The van der Waals surface area contributed by atoms with Crippen LogP contribution in [0.25, 0.3) is 22.4 Å². The van der Waals surface area contributed by atoms with E-state index >= 15 is 0 Å². The fourth-order valence-electron chi connectivity index (χ4n) is 2.99. The first-order valence-electron chi connectivity index (χ1n) is 7.10. The molecule has 3 heteroatoms. The van der Waals surface area contributed by atoms with Gasteiger partial charge in [-0.05, 0) is 49.6 Å². The van der Waals surface area contributed by atoms with E-state index in [1.165, 1.54) is 11.1 Å². The van der Waals surface area contributed by atoms with Crippen LogP contribution in [0.3, 0.4) is 0 Å². The van der Waals surface area contributed by atoms with E-state index in [0.717, 1.165) is 33.7 Å². The van der Waals surface area contributed by atoms with Gasteiger partial charge in [-0.2, -0.15) is 0 Å². The van der Waals surface area contributed by atoms with Gasteiger partial charge in [0.1, 0.15) is 11.6 Å². The second-order valence-electron chi connectivity index (χ2n) is 5.60. The lowest BCUT2D eigenvalue weighted by Crippen LogP contribution is -1.98. The zero-order valence-corrected chi connectivity index (χ0v) is 13.2. The zero-order valence-electron chi connectivity index (χ0n) is 13.2. The highest BCUT2D eigenvalue weighted by molar-refractivity contribution is 5.84. The van der Waals surface area contributed by atoms with Gasteiger partial charge in [0.05, 0.1) is 23.7 Å². The van der Waals surface area contributed by atoms with Crippen molar-refractivity contribution in [1.29, 1.82) is 0 Å². The maximum Gasteiger partial charge on any atom is 0.144 e. The van der Waals surface area contributed by atoms with Gasteiger partial charge in [0.25, 0.3) is 0 Å². The molecule has 0 saturated carbocycles. The van der Waals surface area contributed by atoms with Crippen LogP contribution in [0.1, 0.15) is 16.7 Å². The summed E-state index contributed by atoms with van der Waals surface area (Å²) in [5.74, 6) is 1.85. The molecule has 0 unspecified atom stereocenters. The topological polar surface area (TPSA) is 27.1 Å². The van der Waals surface area contributed by atoms with Crippen molar-refractivity contribution in [3.8, 4) is 17.1 Å². The number of hydrogen-bond donors (Lipinski definition) is 0. The van der Waals surface area contributed by atoms with Gasteiger partial charge in [-0.15, -0.1) is 0 Å². The molecule has 0 radical (unpaired) electrons. The number of nitrogens with zero attached hydrogens (tertiary/aromatic N) is 2. The largest absolute Gasteiger partial charge is 0.496 e.